The zero-order valence-corrected chi connectivity index (χ0v) is 19.4. The first-order valence-electron chi connectivity index (χ1n) is 9.24. The van der Waals surface area contributed by atoms with Gasteiger partial charge in [-0.3, -0.25) is 0 Å². The number of hydrogen-bond acceptors (Lipinski definition) is 3. The number of halogens is 1. The molecule has 0 aliphatic carbocycles. The highest BCUT2D eigenvalue weighted by Crippen LogP contribution is 2.50. The van der Waals surface area contributed by atoms with Gasteiger partial charge in [0.25, 0.3) is 0 Å². The van der Waals surface area contributed by atoms with Gasteiger partial charge in [-0.15, -0.1) is 17.0 Å². The molecular formula is C23H27BrN2O2P+. The van der Waals surface area contributed by atoms with Gasteiger partial charge in [-0.1, -0.05) is 59.8 Å². The molecule has 6 heteroatoms. The van der Waals surface area contributed by atoms with E-state index >= 15 is 0 Å². The van der Waals surface area contributed by atoms with Crippen LogP contribution in [0, 0.1) is 0 Å². The topological polar surface area (TPSA) is 50.4 Å². The van der Waals surface area contributed by atoms with E-state index in [1.54, 1.807) is 0 Å². The molecule has 0 unspecified atom stereocenters. The van der Waals surface area contributed by atoms with Crippen LogP contribution < -0.4 is 26.5 Å². The zero-order valence-electron chi connectivity index (χ0n) is 16.8. The Hall–Kier alpha value is -2.20. The number of benzene rings is 3. The van der Waals surface area contributed by atoms with E-state index in [1.165, 1.54) is 0 Å². The summed E-state index contributed by atoms with van der Waals surface area (Å²) >= 11 is 0. The third-order valence-corrected chi connectivity index (χ3v) is 7.82. The molecule has 3 rings (SSSR count). The predicted octanol–water partition coefficient (Wildman–Crippen LogP) is 4.50. The summed E-state index contributed by atoms with van der Waals surface area (Å²) < 4.78 is 5.45. The molecule has 4 nitrogen and oxygen atoms in total. The Morgan fingerprint density at radius 3 is 1.38 bits per heavy atom. The monoisotopic (exact) mass is 473 g/mol. The smallest absolute Gasteiger partial charge is 0.424 e. The predicted molar refractivity (Wildman–Crippen MR) is 128 cm³/mol. The van der Waals surface area contributed by atoms with Crippen molar-refractivity contribution in [1.29, 1.82) is 0 Å². The van der Waals surface area contributed by atoms with Gasteiger partial charge in [0.05, 0.1) is 0 Å². The van der Waals surface area contributed by atoms with E-state index in [1.807, 2.05) is 75.4 Å². The van der Waals surface area contributed by atoms with Crippen LogP contribution in [0.1, 0.15) is 20.8 Å². The van der Waals surface area contributed by atoms with Crippen LogP contribution in [0.5, 0.6) is 0 Å². The fourth-order valence-corrected chi connectivity index (χ4v) is 6.43. The first kappa shape index (κ1) is 23.1. The van der Waals surface area contributed by atoms with Crippen molar-refractivity contribution in [3.63, 3.8) is 0 Å². The first-order valence-corrected chi connectivity index (χ1v) is 11.0. The van der Waals surface area contributed by atoms with Crippen LogP contribution >= 0.6 is 24.4 Å². The van der Waals surface area contributed by atoms with Crippen molar-refractivity contribution < 1.29 is 9.53 Å². The minimum atomic E-state index is -2.33. The molecule has 0 aliphatic heterocycles. The number of nitrogens with one attached hydrogen (secondary N) is 2. The van der Waals surface area contributed by atoms with Crippen LogP contribution in [-0.2, 0) is 4.74 Å². The Morgan fingerprint density at radius 2 is 1.07 bits per heavy atom. The molecule has 0 heterocycles. The standard InChI is InChI=1S/C23H25N2O2P.BrH/c1-23(2,3)27-22(26)24-25-28(19-13-7-4-8-14-19,20-15-9-5-10-16-20)21-17-11-6-12-18-21;/h4-18,25H,1-3H3;1H/p+1. The largest absolute Gasteiger partial charge is 0.443 e. The van der Waals surface area contributed by atoms with Crippen molar-refractivity contribution in [3.8, 4) is 0 Å². The number of rotatable bonds is 5. The molecule has 152 valence electrons. The average molecular weight is 474 g/mol. The van der Waals surface area contributed by atoms with Crippen LogP contribution in [0.4, 0.5) is 4.79 Å². The van der Waals surface area contributed by atoms with Crippen LogP contribution in [0.3, 0.4) is 0 Å². The fraction of sp³-hybridized carbons (Fsp3) is 0.174. The van der Waals surface area contributed by atoms with Gasteiger partial charge in [-0.05, 0) is 57.2 Å². The summed E-state index contributed by atoms with van der Waals surface area (Å²) in [5.41, 5.74) is 2.24. The van der Waals surface area contributed by atoms with Gasteiger partial charge in [0.1, 0.15) is 21.5 Å². The second-order valence-electron chi connectivity index (χ2n) is 7.42. The molecule has 0 spiro atoms. The molecule has 0 bridgehead atoms. The van der Waals surface area contributed by atoms with E-state index in [0.29, 0.717) is 0 Å². The summed E-state index contributed by atoms with van der Waals surface area (Å²) in [6, 6.07) is 30.7. The Labute approximate surface area is 183 Å². The third kappa shape index (κ3) is 5.66. The van der Waals surface area contributed by atoms with Crippen LogP contribution in [0.2, 0.25) is 0 Å². The van der Waals surface area contributed by atoms with Crippen molar-refractivity contribution in [2.24, 2.45) is 0 Å². The summed E-state index contributed by atoms with van der Waals surface area (Å²) in [6.45, 7) is 5.54. The highest BCUT2D eigenvalue weighted by Gasteiger charge is 2.46. The molecule has 1 amide bonds. The Morgan fingerprint density at radius 1 is 0.724 bits per heavy atom. The minimum Gasteiger partial charge on any atom is -0.443 e. The van der Waals surface area contributed by atoms with Gasteiger partial charge in [-0.25, -0.2) is 10.2 Å². The average Bonchev–Trinajstić information content (AvgIpc) is 2.70. The second-order valence-corrected chi connectivity index (χ2v) is 10.5. The molecule has 3 aromatic rings. The third-order valence-electron chi connectivity index (χ3n) is 4.16. The SMILES string of the molecule is Br.CC(C)(C)OC(=O)NN[P+](c1ccccc1)(c1ccccc1)c1ccccc1. The molecule has 0 aliphatic rings. The molecular weight excluding hydrogens is 447 g/mol. The van der Waals surface area contributed by atoms with Crippen molar-refractivity contribution in [3.05, 3.63) is 91.0 Å². The first-order chi connectivity index (χ1) is 13.4. The van der Waals surface area contributed by atoms with Crippen molar-refractivity contribution >= 4 is 46.4 Å². The number of amides is 1. The molecule has 0 radical (unpaired) electrons. The quantitative estimate of drug-likeness (QED) is 0.423. The number of hydrogen-bond donors (Lipinski definition) is 2. The maximum absolute atomic E-state index is 12.4. The number of ether oxygens (including phenoxy) is 1. The lowest BCUT2D eigenvalue weighted by Gasteiger charge is -2.28. The summed E-state index contributed by atoms with van der Waals surface area (Å²) in [5, 5.41) is 6.73. The Balaban J connectivity index is 0.00000300. The molecule has 29 heavy (non-hydrogen) atoms. The summed E-state index contributed by atoms with van der Waals surface area (Å²) in [4.78, 5) is 12.4. The van der Waals surface area contributed by atoms with Gasteiger partial charge in [0, 0.05) is 0 Å². The lowest BCUT2D eigenvalue weighted by atomic mass is 10.2. The molecule has 2 N–H and O–H groups in total. The fourth-order valence-electron chi connectivity index (χ4n) is 3.03. The number of carbonyl (C=O) groups is 1. The Kier molecular flexibility index (Phi) is 7.97. The highest BCUT2D eigenvalue weighted by atomic mass is 79.9. The van der Waals surface area contributed by atoms with Gasteiger partial charge < -0.3 is 4.74 Å². The van der Waals surface area contributed by atoms with Crippen molar-refractivity contribution in [2.75, 3.05) is 0 Å². The van der Waals surface area contributed by atoms with Gasteiger partial charge in [-0.2, -0.15) is 0 Å². The summed E-state index contributed by atoms with van der Waals surface area (Å²) in [5.74, 6) is 0. The minimum absolute atomic E-state index is 0. The van der Waals surface area contributed by atoms with Gasteiger partial charge in [0.2, 0.25) is 0 Å². The highest BCUT2D eigenvalue weighted by molar-refractivity contribution is 8.93. The van der Waals surface area contributed by atoms with E-state index in [9.17, 15) is 4.79 Å². The van der Waals surface area contributed by atoms with E-state index < -0.39 is 19.1 Å². The lowest BCUT2D eigenvalue weighted by Crippen LogP contribution is -2.49. The second kappa shape index (κ2) is 10.0. The maximum atomic E-state index is 12.4. The molecule has 0 saturated heterocycles. The van der Waals surface area contributed by atoms with E-state index in [2.05, 4.69) is 47.0 Å². The molecule has 0 saturated carbocycles. The molecule has 0 aromatic heterocycles. The van der Waals surface area contributed by atoms with E-state index in [0.717, 1.165) is 15.9 Å². The van der Waals surface area contributed by atoms with E-state index in [-0.39, 0.29) is 17.0 Å². The zero-order chi connectivity index (χ0) is 20.0. The van der Waals surface area contributed by atoms with Crippen LogP contribution in [0.25, 0.3) is 0 Å². The normalized spacial score (nSPS) is 11.3. The van der Waals surface area contributed by atoms with Crippen molar-refractivity contribution in [1.82, 2.24) is 10.6 Å². The maximum Gasteiger partial charge on any atom is 0.424 e. The summed E-state index contributed by atoms with van der Waals surface area (Å²) in [6.07, 6.45) is -0.500. The van der Waals surface area contributed by atoms with Crippen molar-refractivity contribution in [2.45, 2.75) is 26.4 Å². The Bertz CT molecular complexity index is 804. The van der Waals surface area contributed by atoms with E-state index in [4.69, 9.17) is 4.74 Å². The lowest BCUT2D eigenvalue weighted by molar-refractivity contribution is 0.0516. The van der Waals surface area contributed by atoms with Crippen LogP contribution in [-0.4, -0.2) is 11.7 Å². The number of hydrazine groups is 1. The summed E-state index contributed by atoms with van der Waals surface area (Å²) in [7, 11) is -2.33. The van der Waals surface area contributed by atoms with Gasteiger partial charge in [0.15, 0.2) is 7.41 Å². The van der Waals surface area contributed by atoms with Crippen LogP contribution in [0.15, 0.2) is 91.0 Å². The van der Waals surface area contributed by atoms with Gasteiger partial charge >= 0.3 is 6.09 Å². The molecule has 3 aromatic carbocycles. The molecule has 0 atom stereocenters. The molecule has 0 fully saturated rings. The number of carbonyl (C=O) groups excluding carboxylic acids is 1.